The SMILES string of the molecule is c1ccc(C2CCc3ccc(OC4CCCCO4)cc3O2)cc1. The van der Waals surface area contributed by atoms with E-state index in [9.17, 15) is 0 Å². The summed E-state index contributed by atoms with van der Waals surface area (Å²) in [4.78, 5) is 0. The summed E-state index contributed by atoms with van der Waals surface area (Å²) in [6.07, 6.45) is 5.33. The van der Waals surface area contributed by atoms with Gasteiger partial charge in [0.2, 0.25) is 0 Å². The van der Waals surface area contributed by atoms with Crippen molar-refractivity contribution >= 4 is 0 Å². The van der Waals surface area contributed by atoms with Gasteiger partial charge in [-0.05, 0) is 42.9 Å². The standard InChI is InChI=1S/C20H22O3/c1-2-6-15(7-3-1)18-12-10-16-9-11-17(14-19(16)23-18)22-20-8-4-5-13-21-20/h1-3,6-7,9,11,14,18,20H,4-5,8,10,12-13H2. The molecule has 2 heterocycles. The van der Waals surface area contributed by atoms with Gasteiger partial charge < -0.3 is 14.2 Å². The minimum atomic E-state index is -0.115. The Bertz CT molecular complexity index is 647. The number of rotatable bonds is 3. The fourth-order valence-electron chi connectivity index (χ4n) is 3.28. The molecule has 3 heteroatoms. The van der Waals surface area contributed by atoms with Gasteiger partial charge in [0.25, 0.3) is 0 Å². The van der Waals surface area contributed by atoms with Crippen LogP contribution in [0.25, 0.3) is 0 Å². The van der Waals surface area contributed by atoms with Crippen LogP contribution in [0.2, 0.25) is 0 Å². The van der Waals surface area contributed by atoms with Crippen molar-refractivity contribution in [2.45, 2.75) is 44.5 Å². The van der Waals surface area contributed by atoms with Gasteiger partial charge in [0.05, 0.1) is 6.61 Å². The lowest BCUT2D eigenvalue weighted by molar-refractivity contribution is -0.106. The second-order valence-corrected chi connectivity index (χ2v) is 6.24. The molecule has 0 aromatic heterocycles. The zero-order valence-corrected chi connectivity index (χ0v) is 13.2. The average Bonchev–Trinajstić information content (AvgIpc) is 2.63. The molecule has 2 aliphatic rings. The quantitative estimate of drug-likeness (QED) is 0.825. The van der Waals surface area contributed by atoms with Crippen LogP contribution in [0.3, 0.4) is 0 Å². The van der Waals surface area contributed by atoms with E-state index < -0.39 is 0 Å². The van der Waals surface area contributed by atoms with E-state index in [0.717, 1.165) is 43.8 Å². The maximum Gasteiger partial charge on any atom is 0.199 e. The van der Waals surface area contributed by atoms with Crippen LogP contribution in [0.5, 0.6) is 11.5 Å². The van der Waals surface area contributed by atoms with Gasteiger partial charge in [-0.2, -0.15) is 0 Å². The molecule has 2 aromatic rings. The molecular weight excluding hydrogens is 288 g/mol. The van der Waals surface area contributed by atoms with Crippen molar-refractivity contribution in [3.8, 4) is 11.5 Å². The van der Waals surface area contributed by atoms with E-state index in [2.05, 4.69) is 30.3 Å². The van der Waals surface area contributed by atoms with Gasteiger partial charge in [-0.15, -0.1) is 0 Å². The Morgan fingerprint density at radius 1 is 0.957 bits per heavy atom. The highest BCUT2D eigenvalue weighted by Gasteiger charge is 2.22. The van der Waals surface area contributed by atoms with Crippen molar-refractivity contribution in [1.29, 1.82) is 0 Å². The van der Waals surface area contributed by atoms with Crippen LogP contribution in [0.15, 0.2) is 48.5 Å². The molecule has 120 valence electrons. The van der Waals surface area contributed by atoms with Crippen LogP contribution >= 0.6 is 0 Å². The lowest BCUT2D eigenvalue weighted by Crippen LogP contribution is -2.25. The maximum absolute atomic E-state index is 6.23. The van der Waals surface area contributed by atoms with E-state index in [1.165, 1.54) is 17.5 Å². The summed E-state index contributed by atoms with van der Waals surface area (Å²) in [6.45, 7) is 0.794. The lowest BCUT2D eigenvalue weighted by atomic mass is 9.97. The van der Waals surface area contributed by atoms with E-state index in [-0.39, 0.29) is 12.4 Å². The third-order valence-corrected chi connectivity index (χ3v) is 4.56. The molecule has 0 bridgehead atoms. The Morgan fingerprint density at radius 3 is 2.70 bits per heavy atom. The van der Waals surface area contributed by atoms with Gasteiger partial charge in [0, 0.05) is 12.5 Å². The van der Waals surface area contributed by atoms with Gasteiger partial charge in [-0.25, -0.2) is 0 Å². The van der Waals surface area contributed by atoms with E-state index >= 15 is 0 Å². The Balaban J connectivity index is 1.49. The first-order valence-corrected chi connectivity index (χ1v) is 8.51. The molecule has 0 N–H and O–H groups in total. The van der Waals surface area contributed by atoms with Crippen molar-refractivity contribution in [2.24, 2.45) is 0 Å². The summed E-state index contributed by atoms with van der Waals surface area (Å²) in [5, 5.41) is 0. The molecule has 4 rings (SSSR count). The maximum atomic E-state index is 6.23. The number of benzene rings is 2. The molecule has 0 radical (unpaired) electrons. The fraction of sp³-hybridized carbons (Fsp3) is 0.400. The molecular formula is C20H22O3. The van der Waals surface area contributed by atoms with Crippen LogP contribution in [-0.4, -0.2) is 12.9 Å². The number of hydrogen-bond donors (Lipinski definition) is 0. The van der Waals surface area contributed by atoms with Crippen molar-refractivity contribution < 1.29 is 14.2 Å². The summed E-state index contributed by atoms with van der Waals surface area (Å²) in [7, 11) is 0. The van der Waals surface area contributed by atoms with Gasteiger partial charge >= 0.3 is 0 Å². The molecule has 2 atom stereocenters. The Labute approximate surface area is 137 Å². The van der Waals surface area contributed by atoms with Crippen LogP contribution < -0.4 is 9.47 Å². The third-order valence-electron chi connectivity index (χ3n) is 4.56. The van der Waals surface area contributed by atoms with Crippen molar-refractivity contribution in [3.63, 3.8) is 0 Å². The fourth-order valence-corrected chi connectivity index (χ4v) is 3.28. The predicted molar refractivity (Wildman–Crippen MR) is 88.8 cm³/mol. The zero-order chi connectivity index (χ0) is 15.5. The molecule has 0 spiro atoms. The van der Waals surface area contributed by atoms with E-state index in [4.69, 9.17) is 14.2 Å². The molecule has 1 saturated heterocycles. The average molecular weight is 310 g/mol. The third kappa shape index (κ3) is 3.35. The Morgan fingerprint density at radius 2 is 1.87 bits per heavy atom. The predicted octanol–water partition coefficient (Wildman–Crippen LogP) is 4.66. The minimum absolute atomic E-state index is 0.115. The van der Waals surface area contributed by atoms with Crippen LogP contribution in [0, 0.1) is 0 Å². The molecule has 2 aliphatic heterocycles. The Kier molecular flexibility index (Phi) is 4.20. The number of hydrogen-bond acceptors (Lipinski definition) is 3. The highest BCUT2D eigenvalue weighted by molar-refractivity contribution is 5.43. The first-order chi connectivity index (χ1) is 11.4. The molecule has 3 nitrogen and oxygen atoms in total. The molecule has 2 aromatic carbocycles. The minimum Gasteiger partial charge on any atom is -0.485 e. The molecule has 1 fully saturated rings. The monoisotopic (exact) mass is 310 g/mol. The van der Waals surface area contributed by atoms with Crippen molar-refractivity contribution in [3.05, 3.63) is 59.7 Å². The van der Waals surface area contributed by atoms with Gasteiger partial charge in [0.1, 0.15) is 17.6 Å². The first kappa shape index (κ1) is 14.6. The first-order valence-electron chi connectivity index (χ1n) is 8.51. The zero-order valence-electron chi connectivity index (χ0n) is 13.2. The summed E-state index contributed by atoms with van der Waals surface area (Å²) >= 11 is 0. The topological polar surface area (TPSA) is 27.7 Å². The largest absolute Gasteiger partial charge is 0.485 e. The molecule has 0 saturated carbocycles. The van der Waals surface area contributed by atoms with Gasteiger partial charge in [-0.1, -0.05) is 36.4 Å². The second-order valence-electron chi connectivity index (χ2n) is 6.24. The summed E-state index contributed by atoms with van der Waals surface area (Å²) in [5.41, 5.74) is 2.49. The number of aryl methyl sites for hydroxylation is 1. The smallest absolute Gasteiger partial charge is 0.199 e. The molecule has 0 aliphatic carbocycles. The highest BCUT2D eigenvalue weighted by atomic mass is 16.7. The molecule has 23 heavy (non-hydrogen) atoms. The summed E-state index contributed by atoms with van der Waals surface area (Å²) in [6, 6.07) is 16.6. The lowest BCUT2D eigenvalue weighted by Gasteiger charge is -2.28. The van der Waals surface area contributed by atoms with Crippen molar-refractivity contribution in [1.82, 2.24) is 0 Å². The van der Waals surface area contributed by atoms with Gasteiger partial charge in [0.15, 0.2) is 6.29 Å². The molecule has 2 unspecified atom stereocenters. The van der Waals surface area contributed by atoms with Crippen LogP contribution in [0.4, 0.5) is 0 Å². The van der Waals surface area contributed by atoms with Crippen LogP contribution in [-0.2, 0) is 11.2 Å². The van der Waals surface area contributed by atoms with Crippen LogP contribution in [0.1, 0.15) is 42.9 Å². The normalized spacial score (nSPS) is 23.7. The number of fused-ring (bicyclic) bond motifs is 1. The Hall–Kier alpha value is -2.00. The summed E-state index contributed by atoms with van der Waals surface area (Å²) < 4.78 is 17.8. The molecule has 0 amide bonds. The van der Waals surface area contributed by atoms with E-state index in [0.29, 0.717) is 0 Å². The van der Waals surface area contributed by atoms with E-state index in [1.807, 2.05) is 18.2 Å². The highest BCUT2D eigenvalue weighted by Crippen LogP contribution is 2.37. The second kappa shape index (κ2) is 6.63. The number of ether oxygens (including phenoxy) is 3. The van der Waals surface area contributed by atoms with E-state index in [1.54, 1.807) is 0 Å². The van der Waals surface area contributed by atoms with Crippen molar-refractivity contribution in [2.75, 3.05) is 6.61 Å². The van der Waals surface area contributed by atoms with Gasteiger partial charge in [-0.3, -0.25) is 0 Å². The summed E-state index contributed by atoms with van der Waals surface area (Å²) in [5.74, 6) is 1.78.